The van der Waals surface area contributed by atoms with Crippen LogP contribution in [0.4, 0.5) is 0 Å². The fourth-order valence-electron chi connectivity index (χ4n) is 4.08. The monoisotopic (exact) mass is 489 g/mol. The van der Waals surface area contributed by atoms with E-state index >= 15 is 0 Å². The molecule has 158 valence electrons. The third-order valence-electron chi connectivity index (χ3n) is 5.77. The number of rotatable bonds is 4. The molecule has 0 saturated carbocycles. The average molecular weight is 490 g/mol. The molecular formula is C22H24BrN3O3S. The van der Waals surface area contributed by atoms with Gasteiger partial charge in [0.25, 0.3) is 10.0 Å². The Morgan fingerprint density at radius 3 is 2.50 bits per heavy atom. The SMILES string of the molecule is CCC(NC(=O)C1CCN(C2=NS(=O)(=O)c3ccccc32)CC1)c1ccc(Br)cc1. The van der Waals surface area contributed by atoms with Crippen LogP contribution in [0.15, 0.2) is 62.3 Å². The molecule has 0 bridgehead atoms. The third kappa shape index (κ3) is 4.16. The van der Waals surface area contributed by atoms with E-state index in [1.807, 2.05) is 35.2 Å². The number of sulfonamides is 1. The van der Waals surface area contributed by atoms with Gasteiger partial charge >= 0.3 is 0 Å². The van der Waals surface area contributed by atoms with Crippen molar-refractivity contribution in [2.75, 3.05) is 13.1 Å². The van der Waals surface area contributed by atoms with Crippen molar-refractivity contribution in [2.24, 2.45) is 10.3 Å². The quantitative estimate of drug-likeness (QED) is 0.706. The number of fused-ring (bicyclic) bond motifs is 1. The minimum Gasteiger partial charge on any atom is -0.355 e. The predicted molar refractivity (Wildman–Crippen MR) is 120 cm³/mol. The van der Waals surface area contributed by atoms with E-state index in [0.717, 1.165) is 16.5 Å². The molecule has 0 spiro atoms. The van der Waals surface area contributed by atoms with Crippen molar-refractivity contribution in [3.05, 3.63) is 64.1 Å². The van der Waals surface area contributed by atoms with E-state index < -0.39 is 10.0 Å². The van der Waals surface area contributed by atoms with E-state index in [0.29, 0.717) is 37.3 Å². The molecule has 0 radical (unpaired) electrons. The molecule has 2 heterocycles. The topological polar surface area (TPSA) is 78.8 Å². The lowest BCUT2D eigenvalue weighted by Gasteiger charge is -2.33. The highest BCUT2D eigenvalue weighted by molar-refractivity contribution is 9.10. The van der Waals surface area contributed by atoms with Crippen LogP contribution in [0.2, 0.25) is 0 Å². The van der Waals surface area contributed by atoms with E-state index in [-0.39, 0.29) is 22.8 Å². The molecule has 2 aliphatic rings. The molecule has 1 atom stereocenters. The van der Waals surface area contributed by atoms with Gasteiger partial charge in [0, 0.05) is 29.0 Å². The third-order valence-corrected chi connectivity index (χ3v) is 7.63. The second kappa shape index (κ2) is 8.51. The maximum Gasteiger partial charge on any atom is 0.285 e. The molecule has 1 fully saturated rings. The van der Waals surface area contributed by atoms with Crippen LogP contribution in [-0.2, 0) is 14.8 Å². The van der Waals surface area contributed by atoms with Crippen molar-refractivity contribution in [3.8, 4) is 0 Å². The highest BCUT2D eigenvalue weighted by Gasteiger charge is 2.34. The fourth-order valence-corrected chi connectivity index (χ4v) is 5.57. The first-order valence-corrected chi connectivity index (χ1v) is 12.4. The van der Waals surface area contributed by atoms with Crippen molar-refractivity contribution in [2.45, 2.75) is 37.1 Å². The predicted octanol–water partition coefficient (Wildman–Crippen LogP) is 3.88. The lowest BCUT2D eigenvalue weighted by atomic mass is 9.94. The summed E-state index contributed by atoms with van der Waals surface area (Å²) in [7, 11) is -3.62. The van der Waals surface area contributed by atoms with Gasteiger partial charge in [0.15, 0.2) is 5.84 Å². The Bertz CT molecular complexity index is 1080. The largest absolute Gasteiger partial charge is 0.355 e. The average Bonchev–Trinajstić information content (AvgIpc) is 3.04. The maximum atomic E-state index is 12.9. The molecule has 2 aromatic carbocycles. The molecule has 6 nitrogen and oxygen atoms in total. The number of nitrogens with one attached hydrogen (secondary N) is 1. The minimum absolute atomic E-state index is 0.0140. The van der Waals surface area contributed by atoms with Gasteiger partial charge in [0.2, 0.25) is 5.91 Å². The van der Waals surface area contributed by atoms with Crippen LogP contribution in [0.5, 0.6) is 0 Å². The Balaban J connectivity index is 1.40. The van der Waals surface area contributed by atoms with Gasteiger partial charge in [0.05, 0.1) is 6.04 Å². The van der Waals surface area contributed by atoms with Crippen LogP contribution in [0, 0.1) is 5.92 Å². The zero-order chi connectivity index (χ0) is 21.3. The molecule has 8 heteroatoms. The van der Waals surface area contributed by atoms with Crippen LogP contribution >= 0.6 is 15.9 Å². The number of amides is 1. The van der Waals surface area contributed by atoms with E-state index in [1.54, 1.807) is 18.2 Å². The van der Waals surface area contributed by atoms with Crippen molar-refractivity contribution in [3.63, 3.8) is 0 Å². The summed E-state index contributed by atoms with van der Waals surface area (Å²) in [5.41, 5.74) is 1.75. The Hall–Kier alpha value is -2.19. The summed E-state index contributed by atoms with van der Waals surface area (Å²) in [6.07, 6.45) is 2.16. The molecule has 2 aromatic rings. The van der Waals surface area contributed by atoms with Gasteiger partial charge in [-0.25, -0.2) is 0 Å². The normalized spacial score (nSPS) is 19.1. The second-order valence-corrected chi connectivity index (χ2v) is 10.2. The first-order chi connectivity index (χ1) is 14.4. The molecule has 0 aliphatic carbocycles. The van der Waals surface area contributed by atoms with Gasteiger partial charge in [-0.1, -0.05) is 47.1 Å². The van der Waals surface area contributed by atoms with Crippen molar-refractivity contribution < 1.29 is 13.2 Å². The summed E-state index contributed by atoms with van der Waals surface area (Å²) < 4.78 is 29.6. The summed E-state index contributed by atoms with van der Waals surface area (Å²) in [6, 6.07) is 14.9. The molecule has 2 aliphatic heterocycles. The smallest absolute Gasteiger partial charge is 0.285 e. The summed E-state index contributed by atoms with van der Waals surface area (Å²) in [4.78, 5) is 15.1. The number of amidine groups is 1. The number of piperidine rings is 1. The van der Waals surface area contributed by atoms with E-state index in [2.05, 4.69) is 32.6 Å². The fraction of sp³-hybridized carbons (Fsp3) is 0.364. The number of benzene rings is 2. The second-order valence-electron chi connectivity index (χ2n) is 7.67. The molecular weight excluding hydrogens is 466 g/mol. The van der Waals surface area contributed by atoms with Crippen LogP contribution in [0.25, 0.3) is 0 Å². The zero-order valence-corrected chi connectivity index (χ0v) is 19.1. The first-order valence-electron chi connectivity index (χ1n) is 10.1. The Labute approximate surface area is 185 Å². The van der Waals surface area contributed by atoms with Gasteiger partial charge in [-0.05, 0) is 49.1 Å². The highest BCUT2D eigenvalue weighted by atomic mass is 79.9. The molecule has 0 aromatic heterocycles. The zero-order valence-electron chi connectivity index (χ0n) is 16.7. The van der Waals surface area contributed by atoms with Gasteiger partial charge in [-0.2, -0.15) is 8.42 Å². The summed E-state index contributed by atoms with van der Waals surface area (Å²) in [5, 5.41) is 3.19. The van der Waals surface area contributed by atoms with Crippen LogP contribution in [0.1, 0.15) is 43.4 Å². The Kier molecular flexibility index (Phi) is 5.97. The number of halogens is 1. The molecule has 4 rings (SSSR count). The summed E-state index contributed by atoms with van der Waals surface area (Å²) in [6.45, 7) is 3.28. The number of carbonyl (C=O) groups excluding carboxylic acids is 1. The summed E-state index contributed by atoms with van der Waals surface area (Å²) in [5.74, 6) is 0.483. The Morgan fingerprint density at radius 2 is 1.83 bits per heavy atom. The number of carbonyl (C=O) groups is 1. The lowest BCUT2D eigenvalue weighted by molar-refractivity contribution is -0.127. The molecule has 1 unspecified atom stereocenters. The van der Waals surface area contributed by atoms with Crippen molar-refractivity contribution >= 4 is 37.7 Å². The number of likely N-dealkylation sites (tertiary alicyclic amines) is 1. The van der Waals surface area contributed by atoms with Gasteiger partial charge in [-0.15, -0.1) is 4.40 Å². The maximum absolute atomic E-state index is 12.9. The van der Waals surface area contributed by atoms with Crippen LogP contribution < -0.4 is 5.32 Å². The van der Waals surface area contributed by atoms with Gasteiger partial charge in [0.1, 0.15) is 4.90 Å². The minimum atomic E-state index is -3.62. The van der Waals surface area contributed by atoms with E-state index in [9.17, 15) is 13.2 Å². The molecule has 1 N–H and O–H groups in total. The molecule has 30 heavy (non-hydrogen) atoms. The summed E-state index contributed by atoms with van der Waals surface area (Å²) >= 11 is 3.44. The van der Waals surface area contributed by atoms with Crippen LogP contribution in [0.3, 0.4) is 0 Å². The van der Waals surface area contributed by atoms with E-state index in [4.69, 9.17) is 0 Å². The number of hydrogen-bond donors (Lipinski definition) is 1. The number of nitrogens with zero attached hydrogens (tertiary/aromatic N) is 2. The lowest BCUT2D eigenvalue weighted by Crippen LogP contribution is -2.43. The van der Waals surface area contributed by atoms with Crippen molar-refractivity contribution in [1.82, 2.24) is 10.2 Å². The first kappa shape index (κ1) is 21.1. The molecule has 1 saturated heterocycles. The van der Waals surface area contributed by atoms with E-state index in [1.165, 1.54) is 0 Å². The van der Waals surface area contributed by atoms with Crippen molar-refractivity contribution in [1.29, 1.82) is 0 Å². The Morgan fingerprint density at radius 1 is 1.17 bits per heavy atom. The molecule has 1 amide bonds. The van der Waals surface area contributed by atoms with Crippen LogP contribution in [-0.4, -0.2) is 38.2 Å². The standard InChI is InChI=1S/C22H24BrN3O3S/c1-2-19(15-7-9-17(23)10-8-15)24-22(27)16-11-13-26(14-12-16)21-18-5-3-4-6-20(18)30(28,29)25-21/h3-10,16,19H,2,11-14H2,1H3,(H,24,27). The number of hydrogen-bond acceptors (Lipinski definition) is 4. The van der Waals surface area contributed by atoms with Gasteiger partial charge in [-0.3, -0.25) is 4.79 Å². The van der Waals surface area contributed by atoms with Gasteiger partial charge < -0.3 is 10.2 Å². The highest BCUT2D eigenvalue weighted by Crippen LogP contribution is 2.30.